The summed E-state index contributed by atoms with van der Waals surface area (Å²) in [6, 6.07) is 0.262. The average molecular weight is 253 g/mol. The van der Waals surface area contributed by atoms with E-state index in [1.54, 1.807) is 0 Å². The first-order chi connectivity index (χ1) is 8.11. The van der Waals surface area contributed by atoms with Crippen molar-refractivity contribution in [1.82, 2.24) is 9.78 Å². The highest BCUT2D eigenvalue weighted by Crippen LogP contribution is 2.23. The molecule has 0 aliphatic carbocycles. The van der Waals surface area contributed by atoms with Gasteiger partial charge in [0, 0.05) is 6.04 Å². The third-order valence-corrected chi connectivity index (χ3v) is 2.44. The van der Waals surface area contributed by atoms with Crippen molar-refractivity contribution < 1.29 is 9.53 Å². The van der Waals surface area contributed by atoms with Gasteiger partial charge in [-0.15, -0.1) is 0 Å². The van der Waals surface area contributed by atoms with Crippen LogP contribution in [-0.2, 0) is 4.74 Å². The summed E-state index contributed by atoms with van der Waals surface area (Å²) in [7, 11) is 0. The second kappa shape index (κ2) is 5.00. The standard InChI is InChI=1S/C13H23N3O2/c1-8(2)16-10(4)11(9(3)15-16)14-12(17)18-13(5,6)7/h8H,1-7H3,(H,14,17). The van der Waals surface area contributed by atoms with Crippen molar-refractivity contribution in [2.75, 3.05) is 5.32 Å². The van der Waals surface area contributed by atoms with E-state index in [9.17, 15) is 4.79 Å². The predicted octanol–water partition coefficient (Wildman–Crippen LogP) is 3.43. The van der Waals surface area contributed by atoms with Gasteiger partial charge in [0.1, 0.15) is 5.60 Å². The summed E-state index contributed by atoms with van der Waals surface area (Å²) in [5, 5.41) is 7.17. The highest BCUT2D eigenvalue weighted by atomic mass is 16.6. The fourth-order valence-corrected chi connectivity index (χ4v) is 1.75. The minimum atomic E-state index is -0.500. The van der Waals surface area contributed by atoms with Crippen molar-refractivity contribution in [1.29, 1.82) is 0 Å². The predicted molar refractivity (Wildman–Crippen MR) is 71.9 cm³/mol. The van der Waals surface area contributed by atoms with Crippen LogP contribution in [-0.4, -0.2) is 21.5 Å². The Kier molecular flexibility index (Phi) is 4.04. The van der Waals surface area contributed by atoms with Gasteiger partial charge in [-0.05, 0) is 48.5 Å². The molecule has 0 aliphatic rings. The maximum absolute atomic E-state index is 11.7. The quantitative estimate of drug-likeness (QED) is 0.878. The second-order valence-corrected chi connectivity index (χ2v) is 5.71. The third-order valence-electron chi connectivity index (χ3n) is 2.44. The zero-order valence-corrected chi connectivity index (χ0v) is 12.3. The number of ether oxygens (including phenoxy) is 1. The summed E-state index contributed by atoms with van der Waals surface area (Å²) in [6.07, 6.45) is -0.447. The van der Waals surface area contributed by atoms with E-state index in [1.807, 2.05) is 39.3 Å². The van der Waals surface area contributed by atoms with Crippen molar-refractivity contribution in [3.8, 4) is 0 Å². The number of hydrogen-bond donors (Lipinski definition) is 1. The van der Waals surface area contributed by atoms with Crippen LogP contribution in [0.2, 0.25) is 0 Å². The molecule has 0 saturated heterocycles. The monoisotopic (exact) mass is 253 g/mol. The first-order valence-electron chi connectivity index (χ1n) is 6.17. The van der Waals surface area contributed by atoms with Gasteiger partial charge in [0.25, 0.3) is 0 Å². The van der Waals surface area contributed by atoms with Gasteiger partial charge in [0.15, 0.2) is 0 Å². The number of nitrogens with zero attached hydrogens (tertiary/aromatic N) is 2. The Hall–Kier alpha value is -1.52. The minimum Gasteiger partial charge on any atom is -0.444 e. The number of amides is 1. The summed E-state index contributed by atoms with van der Waals surface area (Å²) in [5.41, 5.74) is 1.97. The Morgan fingerprint density at radius 2 is 1.89 bits per heavy atom. The number of nitrogens with one attached hydrogen (secondary N) is 1. The maximum Gasteiger partial charge on any atom is 0.412 e. The summed E-state index contributed by atoms with van der Waals surface area (Å²) in [4.78, 5) is 11.7. The van der Waals surface area contributed by atoms with E-state index in [2.05, 4.69) is 24.3 Å². The SMILES string of the molecule is Cc1nn(C(C)C)c(C)c1NC(=O)OC(C)(C)C. The molecule has 1 heterocycles. The fraction of sp³-hybridized carbons (Fsp3) is 0.692. The molecule has 1 N–H and O–H groups in total. The van der Waals surface area contributed by atoms with Crippen LogP contribution in [0.5, 0.6) is 0 Å². The zero-order valence-electron chi connectivity index (χ0n) is 12.3. The third kappa shape index (κ3) is 3.48. The van der Waals surface area contributed by atoms with Gasteiger partial charge in [-0.25, -0.2) is 4.79 Å². The second-order valence-electron chi connectivity index (χ2n) is 5.71. The van der Waals surface area contributed by atoms with Gasteiger partial charge in [-0.3, -0.25) is 10.00 Å². The highest BCUT2D eigenvalue weighted by molar-refractivity contribution is 5.86. The number of anilines is 1. The van der Waals surface area contributed by atoms with Crippen LogP contribution in [0, 0.1) is 13.8 Å². The number of carbonyl (C=O) groups is 1. The molecule has 0 saturated carbocycles. The molecular weight excluding hydrogens is 230 g/mol. The van der Waals surface area contributed by atoms with Crippen LogP contribution >= 0.6 is 0 Å². The normalized spacial score (nSPS) is 11.8. The molecule has 0 fully saturated rings. The molecule has 0 bridgehead atoms. The summed E-state index contributed by atoms with van der Waals surface area (Å²) in [6.45, 7) is 13.4. The number of carbonyl (C=O) groups excluding carboxylic acids is 1. The van der Waals surface area contributed by atoms with E-state index in [1.165, 1.54) is 0 Å². The molecule has 1 aromatic heterocycles. The molecule has 1 aromatic rings. The van der Waals surface area contributed by atoms with Crippen LogP contribution in [0.1, 0.15) is 52.0 Å². The molecule has 1 amide bonds. The van der Waals surface area contributed by atoms with Crippen LogP contribution < -0.4 is 5.32 Å². The van der Waals surface area contributed by atoms with Gasteiger partial charge in [0.2, 0.25) is 0 Å². The van der Waals surface area contributed by atoms with E-state index < -0.39 is 11.7 Å². The van der Waals surface area contributed by atoms with Crippen molar-refractivity contribution in [3.05, 3.63) is 11.4 Å². The van der Waals surface area contributed by atoms with Crippen LogP contribution in [0.15, 0.2) is 0 Å². The van der Waals surface area contributed by atoms with Gasteiger partial charge >= 0.3 is 6.09 Å². The first-order valence-corrected chi connectivity index (χ1v) is 6.17. The zero-order chi connectivity index (χ0) is 14.1. The molecule has 5 nitrogen and oxygen atoms in total. The van der Waals surface area contributed by atoms with Gasteiger partial charge in [0.05, 0.1) is 17.1 Å². The maximum atomic E-state index is 11.7. The van der Waals surface area contributed by atoms with Gasteiger partial charge in [-0.1, -0.05) is 0 Å². The van der Waals surface area contributed by atoms with Gasteiger partial charge in [-0.2, -0.15) is 5.10 Å². The highest BCUT2D eigenvalue weighted by Gasteiger charge is 2.20. The molecule has 0 aromatic carbocycles. The molecule has 18 heavy (non-hydrogen) atoms. The molecule has 0 radical (unpaired) electrons. The summed E-state index contributed by atoms with van der Waals surface area (Å²) >= 11 is 0. The molecular formula is C13H23N3O2. The Labute approximate surface area is 109 Å². The molecule has 1 rings (SSSR count). The number of aromatic nitrogens is 2. The Bertz CT molecular complexity index is 442. The lowest BCUT2D eigenvalue weighted by atomic mass is 10.2. The van der Waals surface area contributed by atoms with Crippen molar-refractivity contribution >= 4 is 11.8 Å². The smallest absolute Gasteiger partial charge is 0.412 e. The largest absolute Gasteiger partial charge is 0.444 e. The molecule has 0 unspecified atom stereocenters. The van der Waals surface area contributed by atoms with E-state index in [0.29, 0.717) is 0 Å². The minimum absolute atomic E-state index is 0.262. The van der Waals surface area contributed by atoms with Crippen LogP contribution in [0.3, 0.4) is 0 Å². The first kappa shape index (κ1) is 14.5. The van der Waals surface area contributed by atoms with E-state index in [0.717, 1.165) is 17.1 Å². The number of hydrogen-bond acceptors (Lipinski definition) is 3. The van der Waals surface area contributed by atoms with Crippen LogP contribution in [0.25, 0.3) is 0 Å². The summed E-state index contributed by atoms with van der Waals surface area (Å²) in [5.74, 6) is 0. The summed E-state index contributed by atoms with van der Waals surface area (Å²) < 4.78 is 7.13. The number of rotatable bonds is 2. The lowest BCUT2D eigenvalue weighted by Gasteiger charge is -2.19. The van der Waals surface area contributed by atoms with E-state index in [-0.39, 0.29) is 6.04 Å². The Morgan fingerprint density at radius 1 is 1.33 bits per heavy atom. The van der Waals surface area contributed by atoms with Crippen LogP contribution in [0.4, 0.5) is 10.5 Å². The molecule has 0 atom stereocenters. The Balaban J connectivity index is 2.89. The average Bonchev–Trinajstić information content (AvgIpc) is 2.42. The molecule has 0 aliphatic heterocycles. The molecule has 102 valence electrons. The fourth-order valence-electron chi connectivity index (χ4n) is 1.75. The van der Waals surface area contributed by atoms with Gasteiger partial charge < -0.3 is 4.74 Å². The molecule has 5 heteroatoms. The van der Waals surface area contributed by atoms with Crippen molar-refractivity contribution in [3.63, 3.8) is 0 Å². The van der Waals surface area contributed by atoms with E-state index >= 15 is 0 Å². The lowest BCUT2D eigenvalue weighted by Crippen LogP contribution is -2.27. The molecule has 0 spiro atoms. The topological polar surface area (TPSA) is 56.2 Å². The Morgan fingerprint density at radius 3 is 2.28 bits per heavy atom. The van der Waals surface area contributed by atoms with E-state index in [4.69, 9.17) is 4.74 Å². The lowest BCUT2D eigenvalue weighted by molar-refractivity contribution is 0.0635. The number of aryl methyl sites for hydroxylation is 1. The van der Waals surface area contributed by atoms with Crippen molar-refractivity contribution in [2.24, 2.45) is 0 Å². The van der Waals surface area contributed by atoms with Crippen molar-refractivity contribution in [2.45, 2.75) is 60.1 Å².